The molecule has 0 aliphatic rings. The average molecular weight is 279 g/mol. The van der Waals surface area contributed by atoms with E-state index in [1.165, 1.54) is 0 Å². The third kappa shape index (κ3) is 5.19. The number of hydrogen-bond donors (Lipinski definition) is 2. The molecule has 0 aromatic heterocycles. The maximum absolute atomic E-state index is 11.1. The summed E-state index contributed by atoms with van der Waals surface area (Å²) in [5.74, 6) is 0.111. The molecule has 112 valence electrons. The van der Waals surface area contributed by atoms with Crippen molar-refractivity contribution < 1.29 is 9.53 Å². The van der Waals surface area contributed by atoms with Crippen molar-refractivity contribution in [3.8, 4) is 0 Å². The molecule has 4 N–H and O–H groups in total. The van der Waals surface area contributed by atoms with Crippen molar-refractivity contribution in [1.82, 2.24) is 4.90 Å². The predicted molar refractivity (Wildman–Crippen MR) is 81.4 cm³/mol. The van der Waals surface area contributed by atoms with Gasteiger partial charge in [0.2, 0.25) is 5.91 Å². The van der Waals surface area contributed by atoms with Gasteiger partial charge in [-0.25, -0.2) is 0 Å². The minimum absolute atomic E-state index is 0.443. The molecule has 0 spiro atoms. The van der Waals surface area contributed by atoms with Crippen molar-refractivity contribution in [3.63, 3.8) is 0 Å². The van der Waals surface area contributed by atoms with E-state index in [2.05, 4.69) is 18.7 Å². The Labute approximate surface area is 120 Å². The normalized spacial score (nSPS) is 11.2. The van der Waals surface area contributed by atoms with Gasteiger partial charge >= 0.3 is 0 Å². The second kappa shape index (κ2) is 7.87. The highest BCUT2D eigenvalue weighted by Gasteiger charge is 2.11. The topological polar surface area (TPSA) is 81.6 Å². The molecule has 0 aliphatic carbocycles. The van der Waals surface area contributed by atoms with E-state index in [-0.39, 0.29) is 0 Å². The Morgan fingerprint density at radius 3 is 2.60 bits per heavy atom. The maximum atomic E-state index is 11.1. The van der Waals surface area contributed by atoms with E-state index in [9.17, 15) is 4.79 Å². The van der Waals surface area contributed by atoms with Gasteiger partial charge in [0.05, 0.1) is 6.61 Å². The number of nitrogens with two attached hydrogens (primary N) is 2. The second-order valence-electron chi connectivity index (χ2n) is 5.40. The first-order valence-electron chi connectivity index (χ1n) is 6.83. The first kappa shape index (κ1) is 16.5. The Hall–Kier alpha value is -1.59. The van der Waals surface area contributed by atoms with Crippen LogP contribution in [-0.4, -0.2) is 37.6 Å². The van der Waals surface area contributed by atoms with E-state index >= 15 is 0 Å². The number of methoxy groups -OCH3 is 1. The second-order valence-corrected chi connectivity index (χ2v) is 5.40. The van der Waals surface area contributed by atoms with Crippen molar-refractivity contribution in [3.05, 3.63) is 29.3 Å². The Kier molecular flexibility index (Phi) is 6.48. The summed E-state index contributed by atoms with van der Waals surface area (Å²) in [5, 5.41) is 0. The van der Waals surface area contributed by atoms with Crippen LogP contribution in [0.4, 0.5) is 5.69 Å². The number of nitrogen functional groups attached to an aromatic ring is 1. The van der Waals surface area contributed by atoms with Gasteiger partial charge in [0, 0.05) is 38.0 Å². The van der Waals surface area contributed by atoms with Gasteiger partial charge in [-0.15, -0.1) is 0 Å². The Balaban J connectivity index is 2.79. The van der Waals surface area contributed by atoms with Crippen molar-refractivity contribution in [2.24, 2.45) is 11.7 Å². The third-order valence-electron chi connectivity index (χ3n) is 3.06. The fraction of sp³-hybridized carbons (Fsp3) is 0.533. The SMILES string of the molecule is COCCN(Cc1ccc(C(N)=O)cc1N)CC(C)C. The van der Waals surface area contributed by atoms with Crippen LogP contribution in [0, 0.1) is 5.92 Å². The van der Waals surface area contributed by atoms with Gasteiger partial charge in [-0.2, -0.15) is 0 Å². The Morgan fingerprint density at radius 2 is 2.10 bits per heavy atom. The number of ether oxygens (including phenoxy) is 1. The van der Waals surface area contributed by atoms with Crippen LogP contribution in [0.3, 0.4) is 0 Å². The Morgan fingerprint density at radius 1 is 1.40 bits per heavy atom. The molecular formula is C15H25N3O2. The van der Waals surface area contributed by atoms with E-state index in [0.717, 1.165) is 25.2 Å². The summed E-state index contributed by atoms with van der Waals surface area (Å²) >= 11 is 0. The number of anilines is 1. The number of amides is 1. The zero-order valence-corrected chi connectivity index (χ0v) is 12.6. The molecule has 20 heavy (non-hydrogen) atoms. The molecule has 0 aliphatic heterocycles. The Bertz CT molecular complexity index is 447. The van der Waals surface area contributed by atoms with Crippen LogP contribution in [0.25, 0.3) is 0 Å². The standard InChI is InChI=1S/C15H25N3O2/c1-11(2)9-18(6-7-20-3)10-13-5-4-12(15(17)19)8-14(13)16/h4-5,8,11H,6-7,9-10,16H2,1-3H3,(H2,17,19). The van der Waals surface area contributed by atoms with Crippen LogP contribution in [0.15, 0.2) is 18.2 Å². The van der Waals surface area contributed by atoms with Crippen LogP contribution >= 0.6 is 0 Å². The molecular weight excluding hydrogens is 254 g/mol. The predicted octanol–water partition coefficient (Wildman–Crippen LogP) is 1.47. The molecule has 1 amide bonds. The van der Waals surface area contributed by atoms with Crippen LogP contribution in [0.1, 0.15) is 29.8 Å². The largest absolute Gasteiger partial charge is 0.398 e. The average Bonchev–Trinajstić information content (AvgIpc) is 2.37. The molecule has 0 fully saturated rings. The van der Waals surface area contributed by atoms with Crippen LogP contribution in [-0.2, 0) is 11.3 Å². The van der Waals surface area contributed by atoms with Crippen molar-refractivity contribution in [2.45, 2.75) is 20.4 Å². The molecule has 0 unspecified atom stereocenters. The molecule has 0 saturated carbocycles. The van der Waals surface area contributed by atoms with E-state index in [1.807, 2.05) is 6.07 Å². The molecule has 0 heterocycles. The third-order valence-corrected chi connectivity index (χ3v) is 3.06. The minimum Gasteiger partial charge on any atom is -0.398 e. The summed E-state index contributed by atoms with van der Waals surface area (Å²) in [4.78, 5) is 13.4. The molecule has 0 bridgehead atoms. The lowest BCUT2D eigenvalue weighted by Crippen LogP contribution is -2.31. The molecule has 1 rings (SSSR count). The zero-order valence-electron chi connectivity index (χ0n) is 12.6. The first-order valence-corrected chi connectivity index (χ1v) is 6.83. The highest BCUT2D eigenvalue weighted by Crippen LogP contribution is 2.17. The quantitative estimate of drug-likeness (QED) is 0.706. The molecule has 0 atom stereocenters. The molecule has 1 aromatic rings. The number of rotatable bonds is 8. The number of hydrogen-bond acceptors (Lipinski definition) is 4. The molecule has 5 heteroatoms. The molecule has 1 aromatic carbocycles. The number of carbonyl (C=O) groups excluding carboxylic acids is 1. The van der Waals surface area contributed by atoms with Crippen LogP contribution in [0.5, 0.6) is 0 Å². The van der Waals surface area contributed by atoms with Gasteiger partial charge in [0.25, 0.3) is 0 Å². The summed E-state index contributed by atoms with van der Waals surface area (Å²) in [6.45, 7) is 7.61. The van der Waals surface area contributed by atoms with E-state index < -0.39 is 5.91 Å². The lowest BCUT2D eigenvalue weighted by atomic mass is 10.1. The lowest BCUT2D eigenvalue weighted by molar-refractivity contribution is 0.100. The summed E-state index contributed by atoms with van der Waals surface area (Å²) in [7, 11) is 1.70. The number of carbonyl (C=O) groups is 1. The van der Waals surface area contributed by atoms with Crippen molar-refractivity contribution >= 4 is 11.6 Å². The minimum atomic E-state index is -0.457. The molecule has 0 radical (unpaired) electrons. The fourth-order valence-corrected chi connectivity index (χ4v) is 2.10. The zero-order chi connectivity index (χ0) is 15.1. The summed E-state index contributed by atoms with van der Waals surface area (Å²) in [6.07, 6.45) is 0. The van der Waals surface area contributed by atoms with Gasteiger partial charge in [-0.3, -0.25) is 9.69 Å². The monoisotopic (exact) mass is 279 g/mol. The van der Waals surface area contributed by atoms with E-state index in [4.69, 9.17) is 16.2 Å². The summed E-state index contributed by atoms with van der Waals surface area (Å²) in [5.41, 5.74) is 13.3. The molecule has 0 saturated heterocycles. The summed E-state index contributed by atoms with van der Waals surface area (Å²) in [6, 6.07) is 5.23. The van der Waals surface area contributed by atoms with Crippen molar-refractivity contribution in [2.75, 3.05) is 32.5 Å². The number of benzene rings is 1. The number of primary amides is 1. The van der Waals surface area contributed by atoms with Gasteiger partial charge in [0.15, 0.2) is 0 Å². The lowest BCUT2D eigenvalue weighted by Gasteiger charge is -2.24. The van der Waals surface area contributed by atoms with Crippen LogP contribution in [0.2, 0.25) is 0 Å². The summed E-state index contributed by atoms with van der Waals surface area (Å²) < 4.78 is 5.14. The molecule has 5 nitrogen and oxygen atoms in total. The first-order chi connectivity index (χ1) is 9.43. The smallest absolute Gasteiger partial charge is 0.248 e. The van der Waals surface area contributed by atoms with Crippen LogP contribution < -0.4 is 11.5 Å². The van der Waals surface area contributed by atoms with Gasteiger partial charge in [-0.05, 0) is 23.6 Å². The van der Waals surface area contributed by atoms with Crippen molar-refractivity contribution in [1.29, 1.82) is 0 Å². The fourth-order valence-electron chi connectivity index (χ4n) is 2.10. The van der Waals surface area contributed by atoms with Gasteiger partial charge in [-0.1, -0.05) is 19.9 Å². The van der Waals surface area contributed by atoms with Gasteiger partial charge in [0.1, 0.15) is 0 Å². The van der Waals surface area contributed by atoms with E-state index in [1.54, 1.807) is 19.2 Å². The maximum Gasteiger partial charge on any atom is 0.248 e. The highest BCUT2D eigenvalue weighted by atomic mass is 16.5. The number of nitrogens with zero attached hydrogens (tertiary/aromatic N) is 1. The van der Waals surface area contributed by atoms with E-state index in [0.29, 0.717) is 23.8 Å². The highest BCUT2D eigenvalue weighted by molar-refractivity contribution is 5.93. The van der Waals surface area contributed by atoms with Gasteiger partial charge < -0.3 is 16.2 Å².